The molecule has 1 amide bonds. The highest BCUT2D eigenvalue weighted by molar-refractivity contribution is 6.30. The van der Waals surface area contributed by atoms with Gasteiger partial charge in [-0.05, 0) is 24.6 Å². The molecule has 0 bridgehead atoms. The van der Waals surface area contributed by atoms with Crippen molar-refractivity contribution in [3.63, 3.8) is 0 Å². The maximum Gasteiger partial charge on any atom is 0.224 e. The zero-order valence-corrected chi connectivity index (χ0v) is 16.8. The minimum Gasteiger partial charge on any atom is -0.378 e. The maximum absolute atomic E-state index is 12.4. The molecule has 2 aliphatic rings. The second-order valence-corrected chi connectivity index (χ2v) is 6.67. The molecule has 0 radical (unpaired) electrons. The molecule has 1 N–H and O–H groups in total. The minimum atomic E-state index is 0. The number of piperazine rings is 1. The molecule has 0 saturated carbocycles. The Bertz CT molecular complexity index is 560. The van der Waals surface area contributed by atoms with Crippen LogP contribution in [0.1, 0.15) is 12.0 Å². The van der Waals surface area contributed by atoms with E-state index in [0.717, 1.165) is 44.4 Å². The second-order valence-electron chi connectivity index (χ2n) is 6.23. The predicted octanol–water partition coefficient (Wildman–Crippen LogP) is 2.52. The van der Waals surface area contributed by atoms with Gasteiger partial charge in [-0.3, -0.25) is 4.79 Å². The van der Waals surface area contributed by atoms with E-state index in [2.05, 4.69) is 17.1 Å². The number of carbonyl (C=O) groups excluding carboxylic acids is 1. The molecule has 142 valence electrons. The molecule has 1 unspecified atom stereocenters. The van der Waals surface area contributed by atoms with E-state index in [-0.39, 0.29) is 36.8 Å². The molecular formula is C17H26Cl3N3O2. The van der Waals surface area contributed by atoms with Crippen LogP contribution in [0.3, 0.4) is 0 Å². The molecule has 1 aromatic rings. The number of benzene rings is 1. The Kier molecular flexibility index (Phi) is 9.32. The number of anilines is 1. The van der Waals surface area contributed by atoms with Crippen molar-refractivity contribution >= 4 is 48.0 Å². The van der Waals surface area contributed by atoms with E-state index in [0.29, 0.717) is 13.0 Å². The summed E-state index contributed by atoms with van der Waals surface area (Å²) >= 11 is 6.11. The lowest BCUT2D eigenvalue weighted by molar-refractivity contribution is -0.132. The van der Waals surface area contributed by atoms with Crippen LogP contribution in [-0.4, -0.2) is 62.8 Å². The standard InChI is InChI=1S/C17H24ClN3O2.2ClH/c1-13-2-3-14(18)10-16(13)20-5-7-21(8-6-20)17(22)11-15-12-23-9-4-19-15;;/h2-3,10,15,19H,4-9,11-12H2,1H3;2*1H. The number of amides is 1. The van der Waals surface area contributed by atoms with E-state index in [9.17, 15) is 4.79 Å². The number of hydrogen-bond acceptors (Lipinski definition) is 4. The second kappa shape index (κ2) is 10.4. The number of ether oxygens (including phenoxy) is 1. The third-order valence-electron chi connectivity index (χ3n) is 4.56. The number of morpholine rings is 1. The molecule has 8 heteroatoms. The average Bonchev–Trinajstić information content (AvgIpc) is 2.58. The SMILES string of the molecule is Cc1ccc(Cl)cc1N1CCN(C(=O)CC2COCCN2)CC1.Cl.Cl. The van der Waals surface area contributed by atoms with Gasteiger partial charge in [-0.25, -0.2) is 0 Å². The minimum absolute atomic E-state index is 0. The van der Waals surface area contributed by atoms with Crippen molar-refractivity contribution < 1.29 is 9.53 Å². The van der Waals surface area contributed by atoms with Gasteiger partial charge in [0.05, 0.1) is 13.2 Å². The summed E-state index contributed by atoms with van der Waals surface area (Å²) in [5.41, 5.74) is 2.39. The van der Waals surface area contributed by atoms with Crippen molar-refractivity contribution in [2.24, 2.45) is 0 Å². The lowest BCUT2D eigenvalue weighted by atomic mass is 10.1. The van der Waals surface area contributed by atoms with Gasteiger partial charge in [0.2, 0.25) is 5.91 Å². The lowest BCUT2D eigenvalue weighted by Gasteiger charge is -2.37. The normalized spacial score (nSPS) is 20.5. The van der Waals surface area contributed by atoms with Crippen LogP contribution < -0.4 is 10.2 Å². The molecule has 1 aromatic carbocycles. The molecule has 2 fully saturated rings. The van der Waals surface area contributed by atoms with Crippen LogP contribution in [0.4, 0.5) is 5.69 Å². The molecule has 0 aliphatic carbocycles. The first-order valence-corrected chi connectivity index (χ1v) is 8.61. The molecule has 2 aliphatic heterocycles. The van der Waals surface area contributed by atoms with Crippen molar-refractivity contribution in [1.29, 1.82) is 0 Å². The van der Waals surface area contributed by atoms with E-state index in [1.54, 1.807) is 0 Å². The van der Waals surface area contributed by atoms with E-state index in [1.807, 2.05) is 23.1 Å². The molecular weight excluding hydrogens is 385 g/mol. The van der Waals surface area contributed by atoms with E-state index < -0.39 is 0 Å². The van der Waals surface area contributed by atoms with E-state index >= 15 is 0 Å². The van der Waals surface area contributed by atoms with Gasteiger partial charge >= 0.3 is 0 Å². The van der Waals surface area contributed by atoms with Crippen molar-refractivity contribution in [1.82, 2.24) is 10.2 Å². The van der Waals surface area contributed by atoms with Gasteiger partial charge < -0.3 is 19.9 Å². The predicted molar refractivity (Wildman–Crippen MR) is 107 cm³/mol. The Balaban J connectivity index is 0.00000156. The van der Waals surface area contributed by atoms with Crippen molar-refractivity contribution in [3.05, 3.63) is 28.8 Å². The Morgan fingerprint density at radius 1 is 1.28 bits per heavy atom. The molecule has 2 heterocycles. The fourth-order valence-electron chi connectivity index (χ4n) is 3.21. The van der Waals surface area contributed by atoms with Crippen LogP contribution in [0.5, 0.6) is 0 Å². The fourth-order valence-corrected chi connectivity index (χ4v) is 3.38. The molecule has 0 aromatic heterocycles. The first-order chi connectivity index (χ1) is 11.1. The summed E-state index contributed by atoms with van der Waals surface area (Å²) in [6.45, 7) is 7.52. The largest absolute Gasteiger partial charge is 0.378 e. The molecule has 0 spiro atoms. The molecule has 5 nitrogen and oxygen atoms in total. The molecule has 3 rings (SSSR count). The molecule has 1 atom stereocenters. The first-order valence-electron chi connectivity index (χ1n) is 8.23. The highest BCUT2D eigenvalue weighted by Gasteiger charge is 2.25. The number of aryl methyl sites for hydroxylation is 1. The highest BCUT2D eigenvalue weighted by atomic mass is 35.5. The molecule has 25 heavy (non-hydrogen) atoms. The zero-order chi connectivity index (χ0) is 16.2. The highest BCUT2D eigenvalue weighted by Crippen LogP contribution is 2.25. The van der Waals surface area contributed by atoms with Crippen LogP contribution in [0.25, 0.3) is 0 Å². The number of nitrogens with one attached hydrogen (secondary N) is 1. The van der Waals surface area contributed by atoms with Gasteiger partial charge in [0.25, 0.3) is 0 Å². The Hall–Kier alpha value is -0.720. The van der Waals surface area contributed by atoms with Gasteiger partial charge in [0, 0.05) is 55.9 Å². The van der Waals surface area contributed by atoms with Crippen LogP contribution in [0.15, 0.2) is 18.2 Å². The molecule has 2 saturated heterocycles. The summed E-state index contributed by atoms with van der Waals surface area (Å²) in [6, 6.07) is 6.13. The summed E-state index contributed by atoms with van der Waals surface area (Å²) < 4.78 is 5.42. The van der Waals surface area contributed by atoms with Gasteiger partial charge in [-0.1, -0.05) is 17.7 Å². The maximum atomic E-state index is 12.4. The van der Waals surface area contributed by atoms with Crippen LogP contribution >= 0.6 is 36.4 Å². The Morgan fingerprint density at radius 2 is 2.00 bits per heavy atom. The number of carbonyl (C=O) groups is 1. The summed E-state index contributed by atoms with van der Waals surface area (Å²) in [5.74, 6) is 0.218. The number of hydrogen-bond donors (Lipinski definition) is 1. The van der Waals surface area contributed by atoms with E-state index in [4.69, 9.17) is 16.3 Å². The number of rotatable bonds is 3. The van der Waals surface area contributed by atoms with Crippen molar-refractivity contribution in [2.45, 2.75) is 19.4 Å². The van der Waals surface area contributed by atoms with Crippen molar-refractivity contribution in [3.8, 4) is 0 Å². The number of nitrogens with zero attached hydrogens (tertiary/aromatic N) is 2. The third kappa shape index (κ3) is 5.90. The Morgan fingerprint density at radius 3 is 2.64 bits per heavy atom. The number of halogens is 3. The van der Waals surface area contributed by atoms with Crippen LogP contribution in [-0.2, 0) is 9.53 Å². The van der Waals surface area contributed by atoms with Gasteiger partial charge in [0.1, 0.15) is 0 Å². The summed E-state index contributed by atoms with van der Waals surface area (Å²) in [6.07, 6.45) is 0.524. The first kappa shape index (κ1) is 22.3. The van der Waals surface area contributed by atoms with Crippen molar-refractivity contribution in [2.75, 3.05) is 50.8 Å². The van der Waals surface area contributed by atoms with Crippen LogP contribution in [0, 0.1) is 6.92 Å². The fraction of sp³-hybridized carbons (Fsp3) is 0.588. The topological polar surface area (TPSA) is 44.8 Å². The Labute approximate surface area is 166 Å². The summed E-state index contributed by atoms with van der Waals surface area (Å²) in [7, 11) is 0. The third-order valence-corrected chi connectivity index (χ3v) is 4.80. The van der Waals surface area contributed by atoms with Gasteiger partial charge in [-0.15, -0.1) is 24.8 Å². The quantitative estimate of drug-likeness (QED) is 0.832. The van der Waals surface area contributed by atoms with Gasteiger partial charge in [-0.2, -0.15) is 0 Å². The lowest BCUT2D eigenvalue weighted by Crippen LogP contribution is -2.51. The average molecular weight is 411 g/mol. The van der Waals surface area contributed by atoms with E-state index in [1.165, 1.54) is 11.3 Å². The zero-order valence-electron chi connectivity index (χ0n) is 14.4. The van der Waals surface area contributed by atoms with Gasteiger partial charge in [0.15, 0.2) is 0 Å². The summed E-state index contributed by atoms with van der Waals surface area (Å²) in [5, 5.41) is 4.10. The summed E-state index contributed by atoms with van der Waals surface area (Å²) in [4.78, 5) is 16.7. The monoisotopic (exact) mass is 409 g/mol. The van der Waals surface area contributed by atoms with Crippen LogP contribution in [0.2, 0.25) is 5.02 Å². The smallest absolute Gasteiger partial charge is 0.224 e.